The standard InChI is InChI=1S/C23H20ClN3O4S2/c1-4-30-22(28)18-13(3)19(23(29)31-5-2)33-21(18)26-11-15(10-25)20-27-17(12-32-20)14-6-8-16(24)9-7-14/h6-9,11-12,26H,4-5H2,1-3H3. The van der Waals surface area contributed by atoms with Crippen molar-refractivity contribution in [3.8, 4) is 17.3 Å². The van der Waals surface area contributed by atoms with Crippen molar-refractivity contribution in [1.82, 2.24) is 4.98 Å². The Kier molecular flexibility index (Phi) is 8.22. The third kappa shape index (κ3) is 5.60. The quantitative estimate of drug-likeness (QED) is 0.291. The molecule has 7 nitrogen and oxygen atoms in total. The Morgan fingerprint density at radius 2 is 1.85 bits per heavy atom. The third-order valence-corrected chi connectivity index (χ3v) is 6.76. The highest BCUT2D eigenvalue weighted by molar-refractivity contribution is 7.18. The number of nitrogens with one attached hydrogen (secondary N) is 1. The maximum absolute atomic E-state index is 12.5. The molecule has 0 bridgehead atoms. The molecule has 1 aromatic carbocycles. The van der Waals surface area contributed by atoms with E-state index in [1.165, 1.54) is 17.5 Å². The van der Waals surface area contributed by atoms with Crippen LogP contribution < -0.4 is 5.32 Å². The minimum Gasteiger partial charge on any atom is -0.462 e. The molecule has 10 heteroatoms. The van der Waals surface area contributed by atoms with E-state index in [1.54, 1.807) is 32.9 Å². The fraction of sp³-hybridized carbons (Fsp3) is 0.217. The van der Waals surface area contributed by atoms with E-state index >= 15 is 0 Å². The van der Waals surface area contributed by atoms with Gasteiger partial charge in [-0.25, -0.2) is 14.6 Å². The zero-order valence-corrected chi connectivity index (χ0v) is 20.5. The molecule has 0 aliphatic carbocycles. The number of hydrogen-bond donors (Lipinski definition) is 1. The molecule has 1 N–H and O–H groups in total. The highest BCUT2D eigenvalue weighted by Crippen LogP contribution is 2.35. The molecule has 3 rings (SSSR count). The van der Waals surface area contributed by atoms with E-state index in [4.69, 9.17) is 21.1 Å². The number of halogens is 1. The van der Waals surface area contributed by atoms with Gasteiger partial charge in [-0.3, -0.25) is 0 Å². The second kappa shape index (κ2) is 11.1. The summed E-state index contributed by atoms with van der Waals surface area (Å²) < 4.78 is 10.2. The maximum atomic E-state index is 12.5. The lowest BCUT2D eigenvalue weighted by Gasteiger charge is -2.05. The van der Waals surface area contributed by atoms with Crippen molar-refractivity contribution in [1.29, 1.82) is 5.26 Å². The predicted molar refractivity (Wildman–Crippen MR) is 131 cm³/mol. The Morgan fingerprint density at radius 1 is 1.18 bits per heavy atom. The smallest absolute Gasteiger partial charge is 0.348 e. The van der Waals surface area contributed by atoms with Crippen LogP contribution in [0.15, 0.2) is 35.8 Å². The minimum absolute atomic E-state index is 0.189. The number of benzene rings is 1. The number of nitrogens with zero attached hydrogens (tertiary/aromatic N) is 2. The zero-order valence-electron chi connectivity index (χ0n) is 18.1. The number of anilines is 1. The van der Waals surface area contributed by atoms with Gasteiger partial charge in [0.05, 0.1) is 24.5 Å². The van der Waals surface area contributed by atoms with Crippen LogP contribution in [0.2, 0.25) is 5.02 Å². The van der Waals surface area contributed by atoms with Crippen molar-refractivity contribution in [2.45, 2.75) is 20.8 Å². The van der Waals surface area contributed by atoms with Crippen molar-refractivity contribution in [3.63, 3.8) is 0 Å². The van der Waals surface area contributed by atoms with Gasteiger partial charge in [0.15, 0.2) is 0 Å². The Balaban J connectivity index is 1.93. The van der Waals surface area contributed by atoms with Crippen LogP contribution in [-0.2, 0) is 9.47 Å². The lowest BCUT2D eigenvalue weighted by atomic mass is 10.1. The summed E-state index contributed by atoms with van der Waals surface area (Å²) in [5.41, 5.74) is 2.57. The summed E-state index contributed by atoms with van der Waals surface area (Å²) >= 11 is 8.33. The number of esters is 2. The van der Waals surface area contributed by atoms with Gasteiger partial charge in [-0.05, 0) is 38.5 Å². The van der Waals surface area contributed by atoms with Gasteiger partial charge in [-0.1, -0.05) is 23.7 Å². The van der Waals surface area contributed by atoms with Crippen molar-refractivity contribution >= 4 is 56.8 Å². The number of thiazole rings is 1. The zero-order chi connectivity index (χ0) is 24.0. The van der Waals surface area contributed by atoms with E-state index < -0.39 is 11.9 Å². The number of aromatic nitrogens is 1. The summed E-state index contributed by atoms with van der Waals surface area (Å²) in [6.07, 6.45) is 1.47. The number of rotatable bonds is 8. The lowest BCUT2D eigenvalue weighted by molar-refractivity contribution is 0.0527. The van der Waals surface area contributed by atoms with Crippen LogP contribution in [0.3, 0.4) is 0 Å². The molecular formula is C23H20ClN3O4S2. The number of nitriles is 1. The van der Waals surface area contributed by atoms with Gasteiger partial charge < -0.3 is 14.8 Å². The molecule has 170 valence electrons. The van der Waals surface area contributed by atoms with Crippen LogP contribution in [-0.4, -0.2) is 30.1 Å². The Labute approximate surface area is 204 Å². The van der Waals surface area contributed by atoms with Gasteiger partial charge >= 0.3 is 11.9 Å². The normalized spacial score (nSPS) is 11.1. The van der Waals surface area contributed by atoms with Crippen molar-refractivity contribution in [3.05, 3.63) is 61.9 Å². The monoisotopic (exact) mass is 501 g/mol. The van der Waals surface area contributed by atoms with Gasteiger partial charge in [-0.2, -0.15) is 5.26 Å². The number of carbonyl (C=O) groups is 2. The molecule has 0 atom stereocenters. The summed E-state index contributed by atoms with van der Waals surface area (Å²) in [5.74, 6) is -1.08. The van der Waals surface area contributed by atoms with Crippen LogP contribution >= 0.6 is 34.3 Å². The van der Waals surface area contributed by atoms with Crippen molar-refractivity contribution < 1.29 is 19.1 Å². The van der Waals surface area contributed by atoms with E-state index in [0.29, 0.717) is 25.5 Å². The second-order valence-corrected chi connectivity index (χ2v) is 8.88. The second-order valence-electron chi connectivity index (χ2n) is 6.56. The maximum Gasteiger partial charge on any atom is 0.348 e. The lowest BCUT2D eigenvalue weighted by Crippen LogP contribution is -2.09. The van der Waals surface area contributed by atoms with Gasteiger partial charge in [0.1, 0.15) is 26.5 Å². The topological polar surface area (TPSA) is 101 Å². The summed E-state index contributed by atoms with van der Waals surface area (Å²) in [7, 11) is 0. The van der Waals surface area contributed by atoms with Crippen LogP contribution in [0.1, 0.15) is 44.4 Å². The molecule has 0 aliphatic rings. The van der Waals surface area contributed by atoms with Crippen LogP contribution in [0.5, 0.6) is 0 Å². The molecule has 0 radical (unpaired) electrons. The van der Waals surface area contributed by atoms with Crippen molar-refractivity contribution in [2.75, 3.05) is 18.5 Å². The average Bonchev–Trinajstić information content (AvgIpc) is 3.40. The fourth-order valence-electron chi connectivity index (χ4n) is 2.89. The molecule has 0 aliphatic heterocycles. The van der Waals surface area contributed by atoms with E-state index in [1.807, 2.05) is 17.5 Å². The molecule has 2 aromatic heterocycles. The van der Waals surface area contributed by atoms with Crippen LogP contribution in [0, 0.1) is 18.3 Å². The molecule has 0 spiro atoms. The number of thiophene rings is 1. The first-order valence-corrected chi connectivity index (χ1v) is 12.0. The molecule has 33 heavy (non-hydrogen) atoms. The summed E-state index contributed by atoms with van der Waals surface area (Å²) in [5, 5.41) is 16.0. The first kappa shape index (κ1) is 24.5. The Bertz CT molecular complexity index is 1240. The number of allylic oxidation sites excluding steroid dienone is 1. The molecule has 0 unspecified atom stereocenters. The summed E-state index contributed by atoms with van der Waals surface area (Å²) in [6.45, 7) is 5.47. The van der Waals surface area contributed by atoms with Gasteiger partial charge in [-0.15, -0.1) is 22.7 Å². The summed E-state index contributed by atoms with van der Waals surface area (Å²) in [4.78, 5) is 29.7. The number of ether oxygens (including phenoxy) is 2. The van der Waals surface area contributed by atoms with Crippen LogP contribution in [0.25, 0.3) is 16.8 Å². The first-order chi connectivity index (χ1) is 15.9. The largest absolute Gasteiger partial charge is 0.462 e. The van der Waals surface area contributed by atoms with Crippen LogP contribution in [0.4, 0.5) is 5.00 Å². The molecular weight excluding hydrogens is 482 g/mol. The molecule has 0 fully saturated rings. The van der Waals surface area contributed by atoms with E-state index in [9.17, 15) is 14.9 Å². The molecule has 2 heterocycles. The molecule has 0 amide bonds. The highest BCUT2D eigenvalue weighted by atomic mass is 35.5. The van der Waals surface area contributed by atoms with E-state index in [0.717, 1.165) is 22.6 Å². The number of carbonyl (C=O) groups excluding carboxylic acids is 2. The Morgan fingerprint density at radius 3 is 2.48 bits per heavy atom. The number of hydrogen-bond acceptors (Lipinski definition) is 9. The highest BCUT2D eigenvalue weighted by Gasteiger charge is 2.26. The van der Waals surface area contributed by atoms with E-state index in [2.05, 4.69) is 16.4 Å². The molecule has 0 saturated heterocycles. The first-order valence-electron chi connectivity index (χ1n) is 9.95. The Hall–Kier alpha value is -3.19. The van der Waals surface area contributed by atoms with Gasteiger partial charge in [0, 0.05) is 22.2 Å². The predicted octanol–water partition coefficient (Wildman–Crippen LogP) is 6.16. The molecule has 3 aromatic rings. The summed E-state index contributed by atoms with van der Waals surface area (Å²) in [6, 6.07) is 9.38. The third-order valence-electron chi connectivity index (χ3n) is 4.43. The van der Waals surface area contributed by atoms with Crippen molar-refractivity contribution in [2.24, 2.45) is 0 Å². The SMILES string of the molecule is CCOC(=O)c1sc(NC=C(C#N)c2nc(-c3ccc(Cl)cc3)cs2)c(C(=O)OCC)c1C. The van der Waals surface area contributed by atoms with Gasteiger partial charge in [0.2, 0.25) is 0 Å². The van der Waals surface area contributed by atoms with Gasteiger partial charge in [0.25, 0.3) is 0 Å². The van der Waals surface area contributed by atoms with E-state index in [-0.39, 0.29) is 24.4 Å². The minimum atomic E-state index is -0.560. The fourth-order valence-corrected chi connectivity index (χ4v) is 4.86. The average molecular weight is 502 g/mol. The molecule has 0 saturated carbocycles.